The van der Waals surface area contributed by atoms with E-state index in [1.54, 1.807) is 4.90 Å². The first kappa shape index (κ1) is 10.7. The molecule has 1 N–H and O–H groups in total. The molecule has 2 aliphatic heterocycles. The lowest BCUT2D eigenvalue weighted by Gasteiger charge is -2.28. The van der Waals surface area contributed by atoms with Gasteiger partial charge in [-0.3, -0.25) is 4.90 Å². The lowest BCUT2D eigenvalue weighted by molar-refractivity contribution is 0.00499. The summed E-state index contributed by atoms with van der Waals surface area (Å²) in [5.41, 5.74) is -0.495. The minimum absolute atomic E-state index is 0.0162. The molecule has 2 rings (SSSR count). The molecule has 2 heterocycles. The largest absolute Gasteiger partial charge is 0.444 e. The third kappa shape index (κ3) is 2.08. The highest BCUT2D eigenvalue weighted by Crippen LogP contribution is 2.36. The van der Waals surface area contributed by atoms with Crippen LogP contribution in [0.5, 0.6) is 0 Å². The molecule has 15 heavy (non-hydrogen) atoms. The number of likely N-dealkylation sites (tertiary alicyclic amines) is 1. The van der Waals surface area contributed by atoms with E-state index < -0.39 is 5.60 Å². The Labute approximate surface area is 89.0 Å². The number of carbonyl (C=O) groups excluding carboxylic acids is 1. The standard InChI is InChI=1S/C10H17NO4/c1-10(2,3)15-9(13)11-4-7-8(14-7)6(11)5-12/h6-8,12H,4-5H2,1-3H3/t6-,7+,8-/m1/s1. The Hall–Kier alpha value is -0.810. The van der Waals surface area contributed by atoms with E-state index in [2.05, 4.69) is 0 Å². The van der Waals surface area contributed by atoms with Crippen molar-refractivity contribution in [1.29, 1.82) is 0 Å². The number of ether oxygens (including phenoxy) is 2. The van der Waals surface area contributed by atoms with E-state index in [1.165, 1.54) is 0 Å². The number of rotatable bonds is 1. The molecule has 5 nitrogen and oxygen atoms in total. The van der Waals surface area contributed by atoms with Gasteiger partial charge in [-0.15, -0.1) is 0 Å². The summed E-state index contributed by atoms with van der Waals surface area (Å²) in [5, 5.41) is 9.15. The number of aliphatic hydroxyl groups is 1. The molecule has 5 heteroatoms. The highest BCUT2D eigenvalue weighted by molar-refractivity contribution is 5.69. The third-order valence-corrected chi connectivity index (χ3v) is 2.59. The fourth-order valence-corrected chi connectivity index (χ4v) is 1.88. The van der Waals surface area contributed by atoms with Gasteiger partial charge in [0.15, 0.2) is 0 Å². The van der Waals surface area contributed by atoms with Crippen LogP contribution >= 0.6 is 0 Å². The molecule has 3 atom stereocenters. The number of amides is 1. The second-order valence-corrected chi connectivity index (χ2v) is 5.02. The summed E-state index contributed by atoms with van der Waals surface area (Å²) < 4.78 is 10.5. The van der Waals surface area contributed by atoms with E-state index in [4.69, 9.17) is 14.6 Å². The van der Waals surface area contributed by atoms with Gasteiger partial charge < -0.3 is 14.6 Å². The van der Waals surface area contributed by atoms with Crippen LogP contribution in [0.25, 0.3) is 0 Å². The number of fused-ring (bicyclic) bond motifs is 1. The van der Waals surface area contributed by atoms with Crippen LogP contribution in [0.3, 0.4) is 0 Å². The maximum Gasteiger partial charge on any atom is 0.410 e. The number of hydrogen-bond acceptors (Lipinski definition) is 4. The third-order valence-electron chi connectivity index (χ3n) is 2.59. The minimum atomic E-state index is -0.495. The quantitative estimate of drug-likeness (QED) is 0.642. The van der Waals surface area contributed by atoms with Gasteiger partial charge in [-0.1, -0.05) is 0 Å². The van der Waals surface area contributed by atoms with E-state index in [1.807, 2.05) is 20.8 Å². The van der Waals surface area contributed by atoms with Crippen molar-refractivity contribution in [2.45, 2.75) is 44.6 Å². The van der Waals surface area contributed by atoms with E-state index in [9.17, 15) is 4.79 Å². The fourth-order valence-electron chi connectivity index (χ4n) is 1.88. The van der Waals surface area contributed by atoms with Crippen LogP contribution in [0.2, 0.25) is 0 Å². The second kappa shape index (κ2) is 3.35. The minimum Gasteiger partial charge on any atom is -0.444 e. The average molecular weight is 215 g/mol. The average Bonchev–Trinajstić information content (AvgIpc) is 2.75. The Morgan fingerprint density at radius 1 is 1.60 bits per heavy atom. The first-order valence-electron chi connectivity index (χ1n) is 5.18. The SMILES string of the molecule is CC(C)(C)OC(=O)N1C[C@@H]2O[C@@H]2[C@H]1CO. The lowest BCUT2D eigenvalue weighted by Crippen LogP contribution is -2.44. The summed E-state index contributed by atoms with van der Waals surface area (Å²) >= 11 is 0. The maximum atomic E-state index is 11.7. The number of morpholine rings is 1. The summed E-state index contributed by atoms with van der Waals surface area (Å²) in [7, 11) is 0. The number of nitrogens with zero attached hydrogens (tertiary/aromatic N) is 1. The monoisotopic (exact) mass is 215 g/mol. The molecule has 0 aromatic rings. The number of hydrogen-bond donors (Lipinski definition) is 1. The number of aliphatic hydroxyl groups excluding tert-OH is 1. The second-order valence-electron chi connectivity index (χ2n) is 5.02. The normalized spacial score (nSPS) is 33.9. The first-order chi connectivity index (χ1) is 6.92. The van der Waals surface area contributed by atoms with Crippen LogP contribution in [0.1, 0.15) is 20.8 Å². The Bertz CT molecular complexity index is 273. The Kier molecular flexibility index (Phi) is 2.39. The molecule has 0 aromatic carbocycles. The van der Waals surface area contributed by atoms with Gasteiger partial charge in [-0.05, 0) is 20.8 Å². The van der Waals surface area contributed by atoms with Gasteiger partial charge >= 0.3 is 6.09 Å². The molecule has 0 saturated carbocycles. The van der Waals surface area contributed by atoms with Gasteiger partial charge in [-0.25, -0.2) is 4.79 Å². The highest BCUT2D eigenvalue weighted by atomic mass is 16.6. The predicted octanol–water partition coefficient (Wildman–Crippen LogP) is 0.365. The molecule has 0 bridgehead atoms. The molecule has 1 amide bonds. The Morgan fingerprint density at radius 2 is 2.27 bits per heavy atom. The fraction of sp³-hybridized carbons (Fsp3) is 0.900. The molecule has 0 spiro atoms. The number of epoxide rings is 1. The molecule has 2 fully saturated rings. The molecule has 0 aliphatic carbocycles. The Balaban J connectivity index is 1.96. The van der Waals surface area contributed by atoms with Crippen LogP contribution in [0.15, 0.2) is 0 Å². The van der Waals surface area contributed by atoms with E-state index in [0.717, 1.165) is 0 Å². The summed E-state index contributed by atoms with van der Waals surface area (Å²) in [6.07, 6.45) is -0.241. The van der Waals surface area contributed by atoms with Crippen molar-refractivity contribution < 1.29 is 19.4 Å². The molecule has 0 radical (unpaired) electrons. The van der Waals surface area contributed by atoms with Gasteiger partial charge in [0, 0.05) is 0 Å². The molecule has 0 unspecified atom stereocenters. The van der Waals surface area contributed by atoms with Crippen molar-refractivity contribution in [3.8, 4) is 0 Å². The summed E-state index contributed by atoms with van der Waals surface area (Å²) in [4.78, 5) is 13.3. The molecule has 0 aromatic heterocycles. The van der Waals surface area contributed by atoms with Crippen molar-refractivity contribution in [3.05, 3.63) is 0 Å². The van der Waals surface area contributed by atoms with E-state index in [0.29, 0.717) is 6.54 Å². The van der Waals surface area contributed by atoms with Crippen molar-refractivity contribution in [2.75, 3.05) is 13.2 Å². The zero-order valence-corrected chi connectivity index (χ0v) is 9.27. The summed E-state index contributed by atoms with van der Waals surface area (Å²) in [6, 6.07) is -0.232. The van der Waals surface area contributed by atoms with Crippen molar-refractivity contribution in [3.63, 3.8) is 0 Å². The van der Waals surface area contributed by atoms with E-state index in [-0.39, 0.29) is 30.9 Å². The lowest BCUT2D eigenvalue weighted by atomic mass is 10.2. The first-order valence-corrected chi connectivity index (χ1v) is 5.18. The van der Waals surface area contributed by atoms with Crippen LogP contribution in [-0.2, 0) is 9.47 Å². The zero-order valence-electron chi connectivity index (χ0n) is 9.27. The van der Waals surface area contributed by atoms with Crippen LogP contribution in [0.4, 0.5) is 4.79 Å². The molecule has 2 aliphatic rings. The van der Waals surface area contributed by atoms with Gasteiger partial charge in [0.2, 0.25) is 0 Å². The van der Waals surface area contributed by atoms with Crippen molar-refractivity contribution >= 4 is 6.09 Å². The van der Waals surface area contributed by atoms with Gasteiger partial charge in [0.05, 0.1) is 19.2 Å². The van der Waals surface area contributed by atoms with Crippen molar-refractivity contribution in [1.82, 2.24) is 4.90 Å². The molecular formula is C10H17NO4. The molecule has 86 valence electrons. The van der Waals surface area contributed by atoms with Crippen molar-refractivity contribution in [2.24, 2.45) is 0 Å². The van der Waals surface area contributed by atoms with Gasteiger partial charge in [0.1, 0.15) is 17.8 Å². The highest BCUT2D eigenvalue weighted by Gasteiger charge is 2.56. The smallest absolute Gasteiger partial charge is 0.410 e. The van der Waals surface area contributed by atoms with Crippen LogP contribution in [0, 0.1) is 0 Å². The predicted molar refractivity (Wildman–Crippen MR) is 52.5 cm³/mol. The molecular weight excluding hydrogens is 198 g/mol. The van der Waals surface area contributed by atoms with Crippen LogP contribution in [-0.4, -0.2) is 53.1 Å². The van der Waals surface area contributed by atoms with Crippen LogP contribution < -0.4 is 0 Å². The van der Waals surface area contributed by atoms with Gasteiger partial charge in [-0.2, -0.15) is 0 Å². The summed E-state index contributed by atoms with van der Waals surface area (Å²) in [5.74, 6) is 0. The van der Waals surface area contributed by atoms with Gasteiger partial charge in [0.25, 0.3) is 0 Å². The number of carbonyl (C=O) groups is 1. The zero-order chi connectivity index (χ0) is 11.2. The maximum absolute atomic E-state index is 11.7. The molecule has 2 saturated heterocycles. The topological polar surface area (TPSA) is 62.3 Å². The Morgan fingerprint density at radius 3 is 2.80 bits per heavy atom. The van der Waals surface area contributed by atoms with E-state index >= 15 is 0 Å². The summed E-state index contributed by atoms with van der Waals surface area (Å²) in [6.45, 7) is 5.94.